The molecule has 1 aromatic heterocycles. The van der Waals surface area contributed by atoms with Crippen LogP contribution in [-0.4, -0.2) is 44.1 Å². The monoisotopic (exact) mass is 293 g/mol. The van der Waals surface area contributed by atoms with Crippen LogP contribution in [0, 0.1) is 0 Å². The van der Waals surface area contributed by atoms with E-state index in [1.807, 2.05) is 6.92 Å². The zero-order valence-corrected chi connectivity index (χ0v) is 12.3. The first-order chi connectivity index (χ1) is 8.56. The van der Waals surface area contributed by atoms with E-state index in [0.717, 1.165) is 11.3 Å². The summed E-state index contributed by atoms with van der Waals surface area (Å²) in [5.41, 5.74) is 0. The Labute approximate surface area is 112 Å². The molecule has 0 aliphatic carbocycles. The van der Waals surface area contributed by atoms with Gasteiger partial charge in [-0.15, -0.1) is 11.3 Å². The van der Waals surface area contributed by atoms with Crippen molar-refractivity contribution in [2.75, 3.05) is 26.3 Å². The van der Waals surface area contributed by atoms with Gasteiger partial charge >= 0.3 is 0 Å². The topological polar surface area (TPSA) is 66.8 Å². The number of likely N-dealkylation sites (N-methyl/N-ethyl adjacent to an activating group) is 1. The Balaban J connectivity index is 2.82. The van der Waals surface area contributed by atoms with Crippen LogP contribution in [0.4, 0.5) is 0 Å². The molecule has 0 atom stereocenters. The van der Waals surface area contributed by atoms with Gasteiger partial charge in [-0.3, -0.25) is 0 Å². The average Bonchev–Trinajstić information content (AvgIpc) is 2.83. The Kier molecular flexibility index (Phi) is 6.24. The second-order valence-corrected chi connectivity index (χ2v) is 6.91. The minimum atomic E-state index is -3.46. The fraction of sp³-hybridized carbons (Fsp3) is 0.636. The number of hydrogen-bond acceptors (Lipinski definition) is 5. The van der Waals surface area contributed by atoms with Crippen molar-refractivity contribution in [3.05, 3.63) is 17.0 Å². The molecule has 104 valence electrons. The van der Waals surface area contributed by atoms with Crippen LogP contribution in [0.3, 0.4) is 0 Å². The van der Waals surface area contributed by atoms with Gasteiger partial charge in [0, 0.05) is 24.6 Å². The van der Waals surface area contributed by atoms with Gasteiger partial charge in [0.05, 0.1) is 13.2 Å². The van der Waals surface area contributed by atoms with Gasteiger partial charge < -0.3 is 9.84 Å². The Morgan fingerprint density at radius 1 is 1.39 bits per heavy atom. The lowest BCUT2D eigenvalue weighted by molar-refractivity contribution is 0.135. The largest absolute Gasteiger partial charge is 0.391 e. The van der Waals surface area contributed by atoms with Crippen molar-refractivity contribution in [2.45, 2.75) is 24.7 Å². The van der Waals surface area contributed by atoms with Crippen molar-refractivity contribution in [2.24, 2.45) is 0 Å². The molecule has 18 heavy (non-hydrogen) atoms. The molecule has 0 spiro atoms. The van der Waals surface area contributed by atoms with Crippen molar-refractivity contribution in [3.8, 4) is 0 Å². The van der Waals surface area contributed by atoms with Crippen molar-refractivity contribution in [3.63, 3.8) is 0 Å². The molecule has 0 saturated heterocycles. The smallest absolute Gasteiger partial charge is 0.252 e. The van der Waals surface area contributed by atoms with E-state index in [4.69, 9.17) is 9.84 Å². The van der Waals surface area contributed by atoms with E-state index in [1.165, 1.54) is 10.4 Å². The minimum absolute atomic E-state index is 0.134. The molecular formula is C11H19NO4S2. The molecule has 1 N–H and O–H groups in total. The lowest BCUT2D eigenvalue weighted by atomic mass is 10.5. The van der Waals surface area contributed by atoms with Crippen LogP contribution in [0.2, 0.25) is 0 Å². The number of ether oxygens (including phenoxy) is 1. The van der Waals surface area contributed by atoms with Gasteiger partial charge in [0.25, 0.3) is 10.0 Å². The molecule has 7 heteroatoms. The van der Waals surface area contributed by atoms with Crippen molar-refractivity contribution >= 4 is 21.4 Å². The predicted molar refractivity (Wildman–Crippen MR) is 71.2 cm³/mol. The zero-order valence-electron chi connectivity index (χ0n) is 10.6. The Morgan fingerprint density at radius 2 is 2.11 bits per heavy atom. The fourth-order valence-electron chi connectivity index (χ4n) is 1.47. The third-order valence-electron chi connectivity index (χ3n) is 2.43. The Hall–Kier alpha value is -0.470. The second-order valence-electron chi connectivity index (χ2n) is 3.57. The van der Waals surface area contributed by atoms with Crippen LogP contribution in [0.25, 0.3) is 0 Å². The number of aliphatic hydroxyl groups is 1. The highest BCUT2D eigenvalue weighted by Gasteiger charge is 2.24. The van der Waals surface area contributed by atoms with Crippen LogP contribution < -0.4 is 0 Å². The van der Waals surface area contributed by atoms with Gasteiger partial charge in [-0.1, -0.05) is 6.92 Å². The van der Waals surface area contributed by atoms with Gasteiger partial charge in [0.2, 0.25) is 0 Å². The lowest BCUT2D eigenvalue weighted by Crippen LogP contribution is -2.33. The van der Waals surface area contributed by atoms with Crippen molar-refractivity contribution in [1.29, 1.82) is 0 Å². The average molecular weight is 293 g/mol. The molecule has 0 bridgehead atoms. The molecule has 0 aliphatic rings. The molecule has 0 aromatic carbocycles. The van der Waals surface area contributed by atoms with Crippen molar-refractivity contribution < 1.29 is 18.3 Å². The molecule has 0 amide bonds. The second kappa shape index (κ2) is 7.20. The Bertz CT molecular complexity index is 455. The molecule has 0 aliphatic heterocycles. The standard InChI is InChI=1S/C11H19NO4S2/c1-3-12(7-8-16-4-2)18(14,15)11-6-5-10(9-13)17-11/h5-6,13H,3-4,7-9H2,1-2H3. The van der Waals surface area contributed by atoms with Gasteiger partial charge in [0.1, 0.15) is 4.21 Å². The molecule has 1 rings (SSSR count). The minimum Gasteiger partial charge on any atom is -0.391 e. The van der Waals surface area contributed by atoms with Crippen LogP contribution in [-0.2, 0) is 21.4 Å². The van der Waals surface area contributed by atoms with Crippen LogP contribution in [0.5, 0.6) is 0 Å². The lowest BCUT2D eigenvalue weighted by Gasteiger charge is -2.19. The zero-order chi connectivity index (χ0) is 13.6. The summed E-state index contributed by atoms with van der Waals surface area (Å²) < 4.78 is 31.4. The third-order valence-corrected chi connectivity index (χ3v) is 5.94. The number of aliphatic hydroxyl groups excluding tert-OH is 1. The maximum absolute atomic E-state index is 12.3. The Morgan fingerprint density at radius 3 is 2.61 bits per heavy atom. The SMILES string of the molecule is CCOCCN(CC)S(=O)(=O)c1ccc(CO)s1. The van der Waals surface area contributed by atoms with Gasteiger partial charge in [-0.25, -0.2) is 8.42 Å². The summed E-state index contributed by atoms with van der Waals surface area (Å²) in [6, 6.07) is 3.17. The molecule has 0 fully saturated rings. The maximum Gasteiger partial charge on any atom is 0.252 e. The van der Waals surface area contributed by atoms with Crippen LogP contribution in [0.15, 0.2) is 16.3 Å². The van der Waals surface area contributed by atoms with E-state index >= 15 is 0 Å². The number of thiophene rings is 1. The maximum atomic E-state index is 12.3. The molecule has 5 nitrogen and oxygen atoms in total. The van der Waals surface area contributed by atoms with Gasteiger partial charge in [0.15, 0.2) is 0 Å². The number of sulfonamides is 1. The first-order valence-electron chi connectivity index (χ1n) is 5.83. The van der Waals surface area contributed by atoms with Crippen LogP contribution in [0.1, 0.15) is 18.7 Å². The summed E-state index contributed by atoms with van der Waals surface area (Å²) in [4.78, 5) is 0.648. The number of nitrogens with zero attached hydrogens (tertiary/aromatic N) is 1. The highest BCUT2D eigenvalue weighted by atomic mass is 32.2. The van der Waals surface area contributed by atoms with E-state index in [0.29, 0.717) is 31.2 Å². The molecule has 0 saturated carbocycles. The molecular weight excluding hydrogens is 274 g/mol. The number of hydrogen-bond donors (Lipinski definition) is 1. The normalized spacial score (nSPS) is 12.2. The van der Waals surface area contributed by atoms with E-state index < -0.39 is 10.0 Å². The fourth-order valence-corrected chi connectivity index (χ4v) is 4.27. The molecule has 0 unspecified atom stereocenters. The van der Waals surface area contributed by atoms with Crippen LogP contribution >= 0.6 is 11.3 Å². The first-order valence-corrected chi connectivity index (χ1v) is 8.09. The quantitative estimate of drug-likeness (QED) is 0.733. The van der Waals surface area contributed by atoms with E-state index in [2.05, 4.69) is 0 Å². The van der Waals surface area contributed by atoms with E-state index in [9.17, 15) is 8.42 Å². The third kappa shape index (κ3) is 3.76. The summed E-state index contributed by atoms with van der Waals surface area (Å²) in [6.07, 6.45) is 0. The summed E-state index contributed by atoms with van der Waals surface area (Å²) in [7, 11) is -3.46. The number of rotatable bonds is 8. The molecule has 1 heterocycles. The van der Waals surface area contributed by atoms with E-state index in [-0.39, 0.29) is 10.8 Å². The molecule has 0 radical (unpaired) electrons. The van der Waals surface area contributed by atoms with E-state index in [1.54, 1.807) is 13.0 Å². The highest BCUT2D eigenvalue weighted by molar-refractivity contribution is 7.91. The highest BCUT2D eigenvalue weighted by Crippen LogP contribution is 2.24. The predicted octanol–water partition coefficient (Wildman–Crippen LogP) is 1.29. The summed E-state index contributed by atoms with van der Waals surface area (Å²) >= 11 is 1.10. The van der Waals surface area contributed by atoms with Gasteiger partial charge in [-0.05, 0) is 19.1 Å². The van der Waals surface area contributed by atoms with Gasteiger partial charge in [-0.2, -0.15) is 4.31 Å². The van der Waals surface area contributed by atoms with Crippen molar-refractivity contribution in [1.82, 2.24) is 4.31 Å². The summed E-state index contributed by atoms with van der Waals surface area (Å²) in [6.45, 7) is 5.25. The molecule has 1 aromatic rings. The summed E-state index contributed by atoms with van der Waals surface area (Å²) in [5, 5.41) is 8.97. The summed E-state index contributed by atoms with van der Waals surface area (Å²) in [5.74, 6) is 0. The first kappa shape index (κ1) is 15.6.